The van der Waals surface area contributed by atoms with Gasteiger partial charge in [0, 0.05) is 24.1 Å². The Hall–Kier alpha value is -2.77. The van der Waals surface area contributed by atoms with Crippen LogP contribution in [0.15, 0.2) is 23.2 Å². The van der Waals surface area contributed by atoms with Crippen LogP contribution in [0.4, 0.5) is 5.69 Å². The molecule has 8 nitrogen and oxygen atoms in total. The molecule has 0 spiro atoms. The van der Waals surface area contributed by atoms with Gasteiger partial charge in [0.25, 0.3) is 0 Å². The summed E-state index contributed by atoms with van der Waals surface area (Å²) in [5.41, 5.74) is 6.72. The largest absolute Gasteiger partial charge is 0.490 e. The maximum absolute atomic E-state index is 5.93. The third-order valence-corrected chi connectivity index (χ3v) is 3.48. The van der Waals surface area contributed by atoms with Gasteiger partial charge >= 0.3 is 0 Å². The van der Waals surface area contributed by atoms with E-state index in [0.717, 1.165) is 23.7 Å². The number of rotatable bonds is 4. The Morgan fingerprint density at radius 3 is 2.88 bits per heavy atom. The van der Waals surface area contributed by atoms with Crippen molar-refractivity contribution in [3.63, 3.8) is 0 Å². The zero-order valence-electron chi connectivity index (χ0n) is 13.9. The molecule has 0 radical (unpaired) electrons. The molecule has 3 rings (SSSR count). The molecule has 0 amide bonds. The minimum absolute atomic E-state index is 0.274. The first-order chi connectivity index (χ1) is 11.6. The van der Waals surface area contributed by atoms with E-state index < -0.39 is 0 Å². The smallest absolute Gasteiger partial charge is 0.193 e. The molecular weight excluding hydrogens is 308 g/mol. The Balaban J connectivity index is 1.63. The summed E-state index contributed by atoms with van der Waals surface area (Å²) in [6, 6.07) is 5.59. The van der Waals surface area contributed by atoms with Crippen LogP contribution in [-0.2, 0) is 6.54 Å². The van der Waals surface area contributed by atoms with E-state index in [1.54, 1.807) is 0 Å². The number of benzene rings is 1. The predicted octanol–water partition coefficient (Wildman–Crippen LogP) is 2.02. The summed E-state index contributed by atoms with van der Waals surface area (Å²) >= 11 is 0. The molecule has 128 valence electrons. The number of hydrogen-bond donors (Lipinski definition) is 3. The van der Waals surface area contributed by atoms with Gasteiger partial charge in [-0.1, -0.05) is 13.8 Å². The fourth-order valence-corrected chi connectivity index (χ4v) is 2.23. The van der Waals surface area contributed by atoms with Crippen molar-refractivity contribution < 1.29 is 9.47 Å². The van der Waals surface area contributed by atoms with Gasteiger partial charge in [-0.05, 0) is 12.1 Å². The van der Waals surface area contributed by atoms with E-state index in [2.05, 4.69) is 25.5 Å². The van der Waals surface area contributed by atoms with Gasteiger partial charge in [0.15, 0.2) is 23.3 Å². The standard InChI is InChI=1S/C16H22N6O2/c1-10(2)15-20-14(21-22-15)9-18-16(17)19-11-4-5-12-13(8-11)24-7-3-6-23-12/h4-5,8,10H,3,6-7,9H2,1-2H3,(H3,17,18,19)(H,20,21,22). The molecule has 24 heavy (non-hydrogen) atoms. The number of H-pyrrole nitrogens is 1. The number of ether oxygens (including phenoxy) is 2. The molecule has 0 aliphatic carbocycles. The Labute approximate surface area is 140 Å². The molecule has 0 bridgehead atoms. The number of hydrogen-bond acceptors (Lipinski definition) is 5. The van der Waals surface area contributed by atoms with E-state index in [0.29, 0.717) is 37.3 Å². The van der Waals surface area contributed by atoms with Crippen LogP contribution < -0.4 is 20.5 Å². The Morgan fingerprint density at radius 2 is 2.12 bits per heavy atom. The van der Waals surface area contributed by atoms with Crippen LogP contribution in [-0.4, -0.2) is 34.4 Å². The molecule has 4 N–H and O–H groups in total. The van der Waals surface area contributed by atoms with E-state index in [1.807, 2.05) is 32.0 Å². The van der Waals surface area contributed by atoms with Crippen LogP contribution in [0.2, 0.25) is 0 Å². The van der Waals surface area contributed by atoms with Gasteiger partial charge in [-0.15, -0.1) is 0 Å². The van der Waals surface area contributed by atoms with Crippen LogP contribution in [0.25, 0.3) is 0 Å². The fourth-order valence-electron chi connectivity index (χ4n) is 2.23. The number of anilines is 1. The van der Waals surface area contributed by atoms with Gasteiger partial charge < -0.3 is 20.5 Å². The van der Waals surface area contributed by atoms with Crippen molar-refractivity contribution in [1.29, 1.82) is 0 Å². The zero-order valence-corrected chi connectivity index (χ0v) is 13.9. The highest BCUT2D eigenvalue weighted by Gasteiger charge is 2.11. The SMILES string of the molecule is CC(C)c1n[nH]c(CN=C(N)Nc2ccc3c(c2)OCCCO3)n1. The normalized spacial score (nSPS) is 14.5. The Morgan fingerprint density at radius 1 is 1.33 bits per heavy atom. The first kappa shape index (κ1) is 16.1. The molecule has 1 aromatic carbocycles. The molecule has 2 aromatic rings. The second-order valence-electron chi connectivity index (χ2n) is 5.83. The number of fused-ring (bicyclic) bond motifs is 1. The van der Waals surface area contributed by atoms with Gasteiger partial charge in [0.2, 0.25) is 0 Å². The summed E-state index contributed by atoms with van der Waals surface area (Å²) in [5.74, 6) is 3.48. The average Bonchev–Trinajstić information content (AvgIpc) is 2.92. The number of nitrogens with one attached hydrogen (secondary N) is 2. The van der Waals surface area contributed by atoms with Crippen LogP contribution in [0.1, 0.15) is 37.8 Å². The average molecular weight is 330 g/mol. The molecule has 8 heteroatoms. The molecule has 0 saturated carbocycles. The van der Waals surface area contributed by atoms with E-state index >= 15 is 0 Å². The minimum Gasteiger partial charge on any atom is -0.490 e. The quantitative estimate of drug-likeness (QED) is 0.584. The summed E-state index contributed by atoms with van der Waals surface area (Å²) in [5, 5.41) is 10.0. The number of aliphatic imine (C=N–C) groups is 1. The molecule has 1 aliphatic heterocycles. The lowest BCUT2D eigenvalue weighted by molar-refractivity contribution is 0.297. The van der Waals surface area contributed by atoms with Crippen molar-refractivity contribution in [2.75, 3.05) is 18.5 Å². The van der Waals surface area contributed by atoms with Crippen molar-refractivity contribution in [1.82, 2.24) is 15.2 Å². The van der Waals surface area contributed by atoms with Crippen LogP contribution in [0.3, 0.4) is 0 Å². The molecular formula is C16H22N6O2. The monoisotopic (exact) mass is 330 g/mol. The fraction of sp³-hybridized carbons (Fsp3) is 0.438. The summed E-state index contributed by atoms with van der Waals surface area (Å²) < 4.78 is 11.3. The molecule has 1 aliphatic rings. The van der Waals surface area contributed by atoms with Gasteiger partial charge in [0.1, 0.15) is 12.4 Å². The molecule has 0 atom stereocenters. The highest BCUT2D eigenvalue weighted by Crippen LogP contribution is 2.32. The maximum atomic E-state index is 5.93. The van der Waals surface area contributed by atoms with Crippen molar-refractivity contribution in [3.8, 4) is 11.5 Å². The lowest BCUT2D eigenvalue weighted by Gasteiger charge is -2.10. The van der Waals surface area contributed by atoms with Crippen molar-refractivity contribution in [3.05, 3.63) is 29.8 Å². The summed E-state index contributed by atoms with van der Waals surface area (Å²) in [6.07, 6.45) is 0.872. The van der Waals surface area contributed by atoms with Crippen LogP contribution in [0.5, 0.6) is 11.5 Å². The lowest BCUT2D eigenvalue weighted by atomic mass is 10.2. The number of nitrogens with two attached hydrogens (primary N) is 1. The van der Waals surface area contributed by atoms with Crippen molar-refractivity contribution in [2.45, 2.75) is 32.7 Å². The van der Waals surface area contributed by atoms with Crippen molar-refractivity contribution >= 4 is 11.6 Å². The number of nitrogens with zero attached hydrogens (tertiary/aromatic N) is 3. The molecule has 0 fully saturated rings. The second kappa shape index (κ2) is 7.20. The van der Waals surface area contributed by atoms with E-state index in [1.165, 1.54) is 0 Å². The van der Waals surface area contributed by atoms with Gasteiger partial charge in [-0.25, -0.2) is 9.98 Å². The second-order valence-corrected chi connectivity index (χ2v) is 5.83. The third-order valence-electron chi connectivity index (χ3n) is 3.48. The predicted molar refractivity (Wildman–Crippen MR) is 91.5 cm³/mol. The van der Waals surface area contributed by atoms with Crippen LogP contribution in [0, 0.1) is 0 Å². The minimum atomic E-state index is 0.274. The topological polar surface area (TPSA) is 110 Å². The van der Waals surface area contributed by atoms with E-state index in [4.69, 9.17) is 15.2 Å². The summed E-state index contributed by atoms with van der Waals surface area (Å²) in [7, 11) is 0. The first-order valence-electron chi connectivity index (χ1n) is 7.99. The van der Waals surface area contributed by atoms with Gasteiger partial charge in [0.05, 0.1) is 13.2 Å². The molecule has 0 unspecified atom stereocenters. The van der Waals surface area contributed by atoms with Gasteiger partial charge in [-0.2, -0.15) is 5.10 Å². The molecule has 0 saturated heterocycles. The number of aromatic amines is 1. The first-order valence-corrected chi connectivity index (χ1v) is 7.99. The van der Waals surface area contributed by atoms with Crippen molar-refractivity contribution in [2.24, 2.45) is 10.7 Å². The van der Waals surface area contributed by atoms with E-state index in [9.17, 15) is 0 Å². The summed E-state index contributed by atoms with van der Waals surface area (Å²) in [6.45, 7) is 5.72. The highest BCUT2D eigenvalue weighted by atomic mass is 16.5. The highest BCUT2D eigenvalue weighted by molar-refractivity contribution is 5.92. The van der Waals surface area contributed by atoms with Gasteiger partial charge in [-0.3, -0.25) is 5.10 Å². The Kier molecular flexibility index (Phi) is 4.83. The number of aromatic nitrogens is 3. The zero-order chi connectivity index (χ0) is 16.9. The lowest BCUT2D eigenvalue weighted by Crippen LogP contribution is -2.22. The molecule has 2 heterocycles. The summed E-state index contributed by atoms with van der Waals surface area (Å²) in [4.78, 5) is 8.63. The third kappa shape index (κ3) is 3.95. The maximum Gasteiger partial charge on any atom is 0.193 e. The molecule has 1 aromatic heterocycles. The van der Waals surface area contributed by atoms with E-state index in [-0.39, 0.29) is 5.92 Å². The Bertz CT molecular complexity index is 725. The van der Waals surface area contributed by atoms with Crippen LogP contribution >= 0.6 is 0 Å². The number of guanidine groups is 1.